The first-order valence-corrected chi connectivity index (χ1v) is 9.50. The minimum absolute atomic E-state index is 0.00137. The third kappa shape index (κ3) is 4.81. The first-order valence-electron chi connectivity index (χ1n) is 8.74. The second-order valence-electron chi connectivity index (χ2n) is 6.33. The molecule has 29 heavy (non-hydrogen) atoms. The Morgan fingerprint density at radius 3 is 2.69 bits per heavy atom. The minimum atomic E-state index is -0.671. The number of hydrogen-bond donors (Lipinski definition) is 1. The molecule has 1 heterocycles. The van der Waals surface area contributed by atoms with Crippen LogP contribution in [0.2, 0.25) is 10.0 Å². The standard InChI is InChI=1S/C20H18Cl2N2O5/c1-28-16-8-3-2-7-15(16)24-10-12(9-18(24)26)20(27)29-11-17(25)23-14-6-4-5-13(21)19(14)22/h2-8,12H,9-11H2,1H3,(H,23,25)/t12-/m1/s1. The highest BCUT2D eigenvalue weighted by atomic mass is 35.5. The van der Waals surface area contributed by atoms with Crippen LogP contribution in [0.5, 0.6) is 5.75 Å². The highest BCUT2D eigenvalue weighted by Crippen LogP contribution is 2.33. The third-order valence-electron chi connectivity index (χ3n) is 4.41. The molecule has 1 saturated heterocycles. The van der Waals surface area contributed by atoms with Crippen LogP contribution in [-0.2, 0) is 19.1 Å². The van der Waals surface area contributed by atoms with Crippen molar-refractivity contribution in [3.8, 4) is 5.75 Å². The summed E-state index contributed by atoms with van der Waals surface area (Å²) in [6.07, 6.45) is -0.00137. The summed E-state index contributed by atoms with van der Waals surface area (Å²) in [7, 11) is 1.51. The zero-order valence-electron chi connectivity index (χ0n) is 15.5. The molecule has 0 unspecified atom stereocenters. The molecule has 2 aromatic rings. The van der Waals surface area contributed by atoms with Crippen molar-refractivity contribution in [3.05, 3.63) is 52.5 Å². The van der Waals surface area contributed by atoms with E-state index in [1.165, 1.54) is 12.0 Å². The van der Waals surface area contributed by atoms with Crippen LogP contribution >= 0.6 is 23.2 Å². The SMILES string of the molecule is COc1ccccc1N1C[C@H](C(=O)OCC(=O)Nc2cccc(Cl)c2Cl)CC1=O. The van der Waals surface area contributed by atoms with Crippen molar-refractivity contribution in [2.24, 2.45) is 5.92 Å². The lowest BCUT2D eigenvalue weighted by atomic mass is 10.1. The molecule has 3 rings (SSSR count). The van der Waals surface area contributed by atoms with Gasteiger partial charge in [-0.05, 0) is 24.3 Å². The monoisotopic (exact) mass is 436 g/mol. The maximum atomic E-state index is 12.4. The number of hydrogen-bond acceptors (Lipinski definition) is 5. The molecule has 0 bridgehead atoms. The van der Waals surface area contributed by atoms with Crippen molar-refractivity contribution < 1.29 is 23.9 Å². The van der Waals surface area contributed by atoms with Crippen LogP contribution in [0.1, 0.15) is 6.42 Å². The van der Waals surface area contributed by atoms with Gasteiger partial charge in [-0.15, -0.1) is 0 Å². The first kappa shape index (κ1) is 21.0. The lowest BCUT2D eigenvalue weighted by Crippen LogP contribution is -2.28. The zero-order chi connectivity index (χ0) is 21.0. The van der Waals surface area contributed by atoms with Crippen molar-refractivity contribution in [1.82, 2.24) is 0 Å². The molecular formula is C20H18Cl2N2O5. The van der Waals surface area contributed by atoms with Crippen LogP contribution in [0.15, 0.2) is 42.5 Å². The van der Waals surface area contributed by atoms with Gasteiger partial charge in [-0.1, -0.05) is 41.4 Å². The van der Waals surface area contributed by atoms with Gasteiger partial charge < -0.3 is 19.7 Å². The van der Waals surface area contributed by atoms with E-state index in [9.17, 15) is 14.4 Å². The van der Waals surface area contributed by atoms with Gasteiger partial charge in [0.2, 0.25) is 5.91 Å². The molecule has 152 valence electrons. The number of rotatable bonds is 6. The number of carbonyl (C=O) groups is 3. The maximum Gasteiger partial charge on any atom is 0.311 e. The third-order valence-corrected chi connectivity index (χ3v) is 5.22. The summed E-state index contributed by atoms with van der Waals surface area (Å²) >= 11 is 11.9. The lowest BCUT2D eigenvalue weighted by molar-refractivity contribution is -0.151. The Labute approximate surface area is 177 Å². The number of carbonyl (C=O) groups excluding carboxylic acids is 3. The molecule has 7 nitrogen and oxygen atoms in total. The van der Waals surface area contributed by atoms with Crippen LogP contribution in [0, 0.1) is 5.92 Å². The molecule has 0 radical (unpaired) electrons. The van der Waals surface area contributed by atoms with E-state index in [-0.39, 0.29) is 23.9 Å². The molecule has 1 aliphatic heterocycles. The van der Waals surface area contributed by atoms with Crippen LogP contribution < -0.4 is 15.0 Å². The Hall–Kier alpha value is -2.77. The van der Waals surface area contributed by atoms with Crippen LogP contribution in [0.4, 0.5) is 11.4 Å². The quantitative estimate of drug-likeness (QED) is 0.699. The molecule has 1 N–H and O–H groups in total. The molecule has 1 fully saturated rings. The topological polar surface area (TPSA) is 84.9 Å². The van der Waals surface area contributed by atoms with E-state index in [0.29, 0.717) is 22.1 Å². The number of nitrogens with one attached hydrogen (secondary N) is 1. The number of ether oxygens (including phenoxy) is 2. The number of anilines is 2. The van der Waals surface area contributed by atoms with E-state index in [4.69, 9.17) is 32.7 Å². The van der Waals surface area contributed by atoms with E-state index in [2.05, 4.69) is 5.32 Å². The van der Waals surface area contributed by atoms with Crippen LogP contribution in [0.3, 0.4) is 0 Å². The van der Waals surface area contributed by atoms with E-state index >= 15 is 0 Å². The number of benzene rings is 2. The molecule has 0 saturated carbocycles. The predicted molar refractivity (Wildman–Crippen MR) is 110 cm³/mol. The molecule has 0 aromatic heterocycles. The maximum absolute atomic E-state index is 12.4. The van der Waals surface area contributed by atoms with E-state index in [0.717, 1.165) is 0 Å². The Kier molecular flexibility index (Phi) is 6.61. The Balaban J connectivity index is 1.57. The second kappa shape index (κ2) is 9.15. The van der Waals surface area contributed by atoms with Gasteiger partial charge in [-0.25, -0.2) is 0 Å². The molecule has 0 aliphatic carbocycles. The van der Waals surface area contributed by atoms with Gasteiger partial charge in [0.15, 0.2) is 6.61 Å². The Bertz CT molecular complexity index is 950. The fourth-order valence-corrected chi connectivity index (χ4v) is 3.34. The summed E-state index contributed by atoms with van der Waals surface area (Å²) < 4.78 is 10.4. The summed E-state index contributed by atoms with van der Waals surface area (Å²) in [6.45, 7) is -0.346. The highest BCUT2D eigenvalue weighted by molar-refractivity contribution is 6.44. The normalized spacial score (nSPS) is 15.9. The van der Waals surface area contributed by atoms with Gasteiger partial charge in [0.25, 0.3) is 5.91 Å². The van der Waals surface area contributed by atoms with Gasteiger partial charge in [-0.2, -0.15) is 0 Å². The summed E-state index contributed by atoms with van der Waals surface area (Å²) in [5, 5.41) is 3.02. The second-order valence-corrected chi connectivity index (χ2v) is 7.12. The summed E-state index contributed by atoms with van der Waals surface area (Å²) in [6, 6.07) is 11.8. The smallest absolute Gasteiger partial charge is 0.311 e. The number of methoxy groups -OCH3 is 1. The average molecular weight is 437 g/mol. The van der Waals surface area contributed by atoms with Gasteiger partial charge >= 0.3 is 5.97 Å². The van der Waals surface area contributed by atoms with Gasteiger partial charge in [-0.3, -0.25) is 14.4 Å². The lowest BCUT2D eigenvalue weighted by Gasteiger charge is -2.19. The molecule has 0 spiro atoms. The van der Waals surface area contributed by atoms with Crippen LogP contribution in [0.25, 0.3) is 0 Å². The van der Waals surface area contributed by atoms with E-state index in [1.807, 2.05) is 0 Å². The van der Waals surface area contributed by atoms with E-state index < -0.39 is 24.4 Å². The molecule has 2 aromatic carbocycles. The molecule has 2 amide bonds. The number of halogens is 2. The highest BCUT2D eigenvalue weighted by Gasteiger charge is 2.37. The number of amides is 2. The largest absolute Gasteiger partial charge is 0.495 e. The van der Waals surface area contributed by atoms with Crippen molar-refractivity contribution in [2.45, 2.75) is 6.42 Å². The summed E-state index contributed by atoms with van der Waals surface area (Å²) in [4.78, 5) is 38.2. The number of esters is 1. The fourth-order valence-electron chi connectivity index (χ4n) is 2.99. The minimum Gasteiger partial charge on any atom is -0.495 e. The van der Waals surface area contributed by atoms with Crippen molar-refractivity contribution in [2.75, 3.05) is 30.5 Å². The van der Waals surface area contributed by atoms with Gasteiger partial charge in [0, 0.05) is 13.0 Å². The fraction of sp³-hybridized carbons (Fsp3) is 0.250. The summed E-state index contributed by atoms with van der Waals surface area (Å²) in [5.41, 5.74) is 0.905. The zero-order valence-corrected chi connectivity index (χ0v) is 17.0. The van der Waals surface area contributed by atoms with E-state index in [1.54, 1.807) is 42.5 Å². The predicted octanol–water partition coefficient (Wildman–Crippen LogP) is 3.54. The molecular weight excluding hydrogens is 419 g/mol. The summed E-state index contributed by atoms with van der Waals surface area (Å²) in [5.74, 6) is -1.54. The molecule has 1 atom stereocenters. The Morgan fingerprint density at radius 2 is 1.93 bits per heavy atom. The van der Waals surface area contributed by atoms with Crippen LogP contribution in [-0.4, -0.2) is 38.0 Å². The van der Waals surface area contributed by atoms with Gasteiger partial charge in [0.1, 0.15) is 5.75 Å². The van der Waals surface area contributed by atoms with Crippen molar-refractivity contribution >= 4 is 52.4 Å². The average Bonchev–Trinajstić information content (AvgIpc) is 3.11. The van der Waals surface area contributed by atoms with Crippen molar-refractivity contribution in [3.63, 3.8) is 0 Å². The number of para-hydroxylation sites is 2. The Morgan fingerprint density at radius 1 is 1.17 bits per heavy atom. The van der Waals surface area contributed by atoms with Gasteiger partial charge in [0.05, 0.1) is 34.4 Å². The number of nitrogens with zero attached hydrogens (tertiary/aromatic N) is 1. The first-order chi connectivity index (χ1) is 13.9. The molecule has 9 heteroatoms. The van der Waals surface area contributed by atoms with Crippen molar-refractivity contribution in [1.29, 1.82) is 0 Å². The molecule has 1 aliphatic rings.